The van der Waals surface area contributed by atoms with Gasteiger partial charge in [-0.2, -0.15) is 0 Å². The van der Waals surface area contributed by atoms with Gasteiger partial charge in [0.05, 0.1) is 0 Å². The van der Waals surface area contributed by atoms with Gasteiger partial charge in [-0.1, -0.05) is 17.7 Å². The first-order valence-electron chi connectivity index (χ1n) is 5.81. The number of imide groups is 1. The molecule has 0 saturated carbocycles. The van der Waals surface area contributed by atoms with Crippen molar-refractivity contribution in [1.82, 2.24) is 10.2 Å². The zero-order valence-corrected chi connectivity index (χ0v) is 11.3. The summed E-state index contributed by atoms with van der Waals surface area (Å²) in [7, 11) is 0. The topological polar surface area (TPSA) is 66.5 Å². The van der Waals surface area contributed by atoms with Gasteiger partial charge in [0.2, 0.25) is 11.8 Å². The second-order valence-corrected chi connectivity index (χ2v) is 4.84. The molecule has 1 heterocycles. The van der Waals surface area contributed by atoms with Gasteiger partial charge in [-0.25, -0.2) is 0 Å². The number of amides is 3. The standard InChI is InChI=1S/C13H13ClN2O3/c1-7-9(4-3-5-10(7)14)13(19)16-6-11(17)15-12(18)8(16)2/h3-5,8H,6H2,1-2H3,(H,15,17,18). The summed E-state index contributed by atoms with van der Waals surface area (Å²) in [4.78, 5) is 36.6. The van der Waals surface area contributed by atoms with E-state index in [4.69, 9.17) is 11.6 Å². The molecule has 0 bridgehead atoms. The van der Waals surface area contributed by atoms with Crippen LogP contribution >= 0.6 is 11.6 Å². The van der Waals surface area contributed by atoms with E-state index in [0.717, 1.165) is 0 Å². The predicted molar refractivity (Wildman–Crippen MR) is 69.8 cm³/mol. The van der Waals surface area contributed by atoms with E-state index in [1.807, 2.05) is 0 Å². The third-order valence-corrected chi connectivity index (χ3v) is 3.59. The Labute approximate surface area is 115 Å². The van der Waals surface area contributed by atoms with Crippen LogP contribution in [0, 0.1) is 6.92 Å². The van der Waals surface area contributed by atoms with Crippen LogP contribution in [0.1, 0.15) is 22.8 Å². The molecule has 0 radical (unpaired) electrons. The Morgan fingerprint density at radius 2 is 2.11 bits per heavy atom. The fourth-order valence-electron chi connectivity index (χ4n) is 1.96. The molecule has 1 saturated heterocycles. The number of piperazine rings is 1. The van der Waals surface area contributed by atoms with E-state index in [-0.39, 0.29) is 12.5 Å². The summed E-state index contributed by atoms with van der Waals surface area (Å²) in [6.07, 6.45) is 0. The van der Waals surface area contributed by atoms with Gasteiger partial charge in [0.1, 0.15) is 12.6 Å². The van der Waals surface area contributed by atoms with Crippen molar-refractivity contribution in [2.24, 2.45) is 0 Å². The third-order valence-electron chi connectivity index (χ3n) is 3.18. The van der Waals surface area contributed by atoms with Gasteiger partial charge < -0.3 is 4.90 Å². The van der Waals surface area contributed by atoms with Crippen molar-refractivity contribution in [2.45, 2.75) is 19.9 Å². The summed E-state index contributed by atoms with van der Waals surface area (Å²) >= 11 is 5.97. The summed E-state index contributed by atoms with van der Waals surface area (Å²) in [5, 5.41) is 2.67. The van der Waals surface area contributed by atoms with Crippen molar-refractivity contribution >= 4 is 29.3 Å². The molecule has 1 N–H and O–H groups in total. The molecule has 1 aromatic rings. The van der Waals surface area contributed by atoms with Gasteiger partial charge in [-0.15, -0.1) is 0 Å². The van der Waals surface area contributed by atoms with Gasteiger partial charge in [-0.3, -0.25) is 19.7 Å². The van der Waals surface area contributed by atoms with Gasteiger partial charge in [0.15, 0.2) is 0 Å². The average Bonchev–Trinajstić information content (AvgIpc) is 2.36. The van der Waals surface area contributed by atoms with Gasteiger partial charge >= 0.3 is 0 Å². The molecule has 100 valence electrons. The van der Waals surface area contributed by atoms with E-state index in [1.165, 1.54) is 4.90 Å². The number of hydrogen-bond donors (Lipinski definition) is 1. The summed E-state index contributed by atoms with van der Waals surface area (Å²) < 4.78 is 0. The van der Waals surface area contributed by atoms with Crippen LogP contribution < -0.4 is 5.32 Å². The minimum absolute atomic E-state index is 0.127. The summed E-state index contributed by atoms with van der Waals surface area (Å²) in [5.74, 6) is -1.31. The number of nitrogens with zero attached hydrogens (tertiary/aromatic N) is 1. The molecule has 3 amide bonds. The van der Waals surface area contributed by atoms with Crippen LogP contribution in [0.4, 0.5) is 0 Å². The normalized spacial score (nSPS) is 19.3. The first kappa shape index (κ1) is 13.5. The van der Waals surface area contributed by atoms with Gasteiger partial charge in [-0.05, 0) is 31.5 Å². The van der Waals surface area contributed by atoms with Crippen LogP contribution in [0.2, 0.25) is 5.02 Å². The number of nitrogens with one attached hydrogen (secondary N) is 1. The van der Waals surface area contributed by atoms with Crippen LogP contribution in [0.15, 0.2) is 18.2 Å². The fraction of sp³-hybridized carbons (Fsp3) is 0.308. The zero-order valence-electron chi connectivity index (χ0n) is 10.6. The molecule has 0 spiro atoms. The zero-order chi connectivity index (χ0) is 14.2. The van der Waals surface area contributed by atoms with Crippen molar-refractivity contribution in [3.63, 3.8) is 0 Å². The molecule has 6 heteroatoms. The van der Waals surface area contributed by atoms with Crippen LogP contribution in [0.25, 0.3) is 0 Å². The quantitative estimate of drug-likeness (QED) is 0.785. The van der Waals surface area contributed by atoms with Crippen molar-refractivity contribution in [3.8, 4) is 0 Å². The highest BCUT2D eigenvalue weighted by Gasteiger charge is 2.34. The monoisotopic (exact) mass is 280 g/mol. The lowest BCUT2D eigenvalue weighted by molar-refractivity contribution is -0.138. The number of benzene rings is 1. The second kappa shape index (κ2) is 5.01. The maximum atomic E-state index is 12.4. The highest BCUT2D eigenvalue weighted by Crippen LogP contribution is 2.21. The van der Waals surface area contributed by atoms with Crippen molar-refractivity contribution in [3.05, 3.63) is 34.3 Å². The van der Waals surface area contributed by atoms with E-state index >= 15 is 0 Å². The molecule has 5 nitrogen and oxygen atoms in total. The number of carbonyl (C=O) groups excluding carboxylic acids is 3. The first-order chi connectivity index (χ1) is 8.91. The Morgan fingerprint density at radius 1 is 1.42 bits per heavy atom. The molecule has 1 fully saturated rings. The average molecular weight is 281 g/mol. The van der Waals surface area contributed by atoms with Crippen molar-refractivity contribution in [1.29, 1.82) is 0 Å². The van der Waals surface area contributed by atoms with Crippen LogP contribution in [-0.4, -0.2) is 35.2 Å². The lowest BCUT2D eigenvalue weighted by atomic mass is 10.1. The van der Waals surface area contributed by atoms with Crippen LogP contribution in [-0.2, 0) is 9.59 Å². The number of halogens is 1. The minimum Gasteiger partial charge on any atom is -0.318 e. The first-order valence-corrected chi connectivity index (χ1v) is 6.19. The molecule has 19 heavy (non-hydrogen) atoms. The highest BCUT2D eigenvalue weighted by molar-refractivity contribution is 6.31. The van der Waals surface area contributed by atoms with Crippen LogP contribution in [0.5, 0.6) is 0 Å². The van der Waals surface area contributed by atoms with Gasteiger partial charge in [0, 0.05) is 10.6 Å². The molecule has 1 aliphatic heterocycles. The second-order valence-electron chi connectivity index (χ2n) is 4.43. The summed E-state index contributed by atoms with van der Waals surface area (Å²) in [5.41, 5.74) is 1.04. The molecule has 0 aliphatic carbocycles. The fourth-order valence-corrected chi connectivity index (χ4v) is 2.13. The molecule has 1 unspecified atom stereocenters. The Morgan fingerprint density at radius 3 is 2.79 bits per heavy atom. The van der Waals surface area contributed by atoms with E-state index in [0.29, 0.717) is 16.1 Å². The Bertz CT molecular complexity index is 571. The molecule has 1 aliphatic rings. The molecule has 0 aromatic heterocycles. The van der Waals surface area contributed by atoms with E-state index < -0.39 is 17.9 Å². The molecule has 2 rings (SSSR count). The Kier molecular flexibility index (Phi) is 3.57. The summed E-state index contributed by atoms with van der Waals surface area (Å²) in [6, 6.07) is 4.31. The number of hydrogen-bond acceptors (Lipinski definition) is 3. The Balaban J connectivity index is 2.35. The lowest BCUT2D eigenvalue weighted by Gasteiger charge is -2.32. The Hall–Kier alpha value is -1.88. The molecule has 1 atom stereocenters. The largest absolute Gasteiger partial charge is 0.318 e. The van der Waals surface area contributed by atoms with E-state index in [2.05, 4.69) is 5.32 Å². The number of rotatable bonds is 1. The summed E-state index contributed by atoms with van der Waals surface area (Å²) in [6.45, 7) is 3.18. The predicted octanol–water partition coefficient (Wildman–Crippen LogP) is 1.14. The SMILES string of the molecule is Cc1c(Cl)cccc1C(=O)N1CC(=O)NC(=O)C1C. The van der Waals surface area contributed by atoms with Crippen molar-refractivity contribution < 1.29 is 14.4 Å². The van der Waals surface area contributed by atoms with Gasteiger partial charge in [0.25, 0.3) is 5.91 Å². The van der Waals surface area contributed by atoms with Crippen LogP contribution in [0.3, 0.4) is 0 Å². The van der Waals surface area contributed by atoms with Crippen molar-refractivity contribution in [2.75, 3.05) is 6.54 Å². The molecular formula is C13H13ClN2O3. The maximum absolute atomic E-state index is 12.4. The van der Waals surface area contributed by atoms with E-state index in [9.17, 15) is 14.4 Å². The molecular weight excluding hydrogens is 268 g/mol. The maximum Gasteiger partial charge on any atom is 0.255 e. The lowest BCUT2D eigenvalue weighted by Crippen LogP contribution is -2.58. The minimum atomic E-state index is -0.677. The van der Waals surface area contributed by atoms with E-state index in [1.54, 1.807) is 32.0 Å². The molecule has 1 aromatic carbocycles. The highest BCUT2D eigenvalue weighted by atomic mass is 35.5. The smallest absolute Gasteiger partial charge is 0.255 e. The third kappa shape index (κ3) is 2.46. The number of carbonyl (C=O) groups is 3.